The van der Waals surface area contributed by atoms with Crippen LogP contribution in [-0.2, 0) is 0 Å². The third-order valence-electron chi connectivity index (χ3n) is 4.63. The van der Waals surface area contributed by atoms with E-state index in [1.54, 1.807) is 6.07 Å². The van der Waals surface area contributed by atoms with Gasteiger partial charge in [-0.2, -0.15) is 0 Å². The minimum atomic E-state index is -0.210. The molecule has 1 aromatic carbocycles. The van der Waals surface area contributed by atoms with Gasteiger partial charge < -0.3 is 20.5 Å². The van der Waals surface area contributed by atoms with Crippen LogP contribution in [0.2, 0.25) is 5.02 Å². The molecule has 126 valence electrons. The highest BCUT2D eigenvalue weighted by molar-refractivity contribution is 6.32. The van der Waals surface area contributed by atoms with Crippen LogP contribution in [0, 0.1) is 5.92 Å². The lowest BCUT2D eigenvalue weighted by Gasteiger charge is -2.20. The summed E-state index contributed by atoms with van der Waals surface area (Å²) in [5.74, 6) is 1.05. The number of rotatable bonds is 3. The van der Waals surface area contributed by atoms with Gasteiger partial charge in [0.2, 0.25) is 0 Å². The van der Waals surface area contributed by atoms with E-state index in [4.69, 9.17) is 16.3 Å². The molecule has 3 rings (SSSR count). The monoisotopic (exact) mass is 338 g/mol. The number of halogens is 1. The van der Waals surface area contributed by atoms with E-state index in [2.05, 4.69) is 10.6 Å². The van der Waals surface area contributed by atoms with E-state index in [0.717, 1.165) is 37.7 Å². The molecule has 1 heterocycles. The van der Waals surface area contributed by atoms with Gasteiger partial charge in [-0.3, -0.25) is 0 Å². The molecule has 0 spiro atoms. The van der Waals surface area contributed by atoms with Crippen LogP contribution in [0.5, 0.6) is 5.75 Å². The van der Waals surface area contributed by atoms with Crippen LogP contribution in [0.4, 0.5) is 4.79 Å². The maximum Gasteiger partial charge on any atom is 0.315 e. The Morgan fingerprint density at radius 3 is 3.00 bits per heavy atom. The van der Waals surface area contributed by atoms with E-state index in [1.165, 1.54) is 0 Å². The van der Waals surface area contributed by atoms with Gasteiger partial charge in [-0.1, -0.05) is 23.7 Å². The van der Waals surface area contributed by atoms with Crippen molar-refractivity contribution in [2.75, 3.05) is 13.2 Å². The Labute approximate surface area is 141 Å². The molecule has 0 radical (unpaired) electrons. The van der Waals surface area contributed by atoms with Crippen molar-refractivity contribution in [2.24, 2.45) is 5.92 Å². The van der Waals surface area contributed by atoms with Gasteiger partial charge in [0, 0.05) is 12.1 Å². The largest absolute Gasteiger partial charge is 0.492 e. The van der Waals surface area contributed by atoms with Crippen molar-refractivity contribution in [2.45, 2.75) is 44.2 Å². The molecule has 1 aromatic rings. The number of hydrogen-bond donors (Lipinski definition) is 3. The molecule has 1 fully saturated rings. The van der Waals surface area contributed by atoms with Gasteiger partial charge in [0.25, 0.3) is 0 Å². The van der Waals surface area contributed by atoms with E-state index < -0.39 is 0 Å². The number of benzene rings is 1. The van der Waals surface area contributed by atoms with Crippen LogP contribution in [0.25, 0.3) is 0 Å². The minimum absolute atomic E-state index is 0.0969. The van der Waals surface area contributed by atoms with Crippen molar-refractivity contribution in [1.82, 2.24) is 10.6 Å². The lowest BCUT2D eigenvalue weighted by Crippen LogP contribution is -2.40. The van der Waals surface area contributed by atoms with Crippen LogP contribution < -0.4 is 15.4 Å². The number of para-hydroxylation sites is 1. The zero-order chi connectivity index (χ0) is 16.2. The molecule has 0 bridgehead atoms. The van der Waals surface area contributed by atoms with E-state index in [0.29, 0.717) is 29.8 Å². The van der Waals surface area contributed by atoms with E-state index in [-0.39, 0.29) is 18.2 Å². The van der Waals surface area contributed by atoms with Gasteiger partial charge in [-0.25, -0.2) is 4.79 Å². The molecular weight excluding hydrogens is 316 g/mol. The predicted molar refractivity (Wildman–Crippen MR) is 88.8 cm³/mol. The molecular formula is C17H23ClN2O3. The predicted octanol–water partition coefficient (Wildman–Crippen LogP) is 3.01. The number of amides is 2. The van der Waals surface area contributed by atoms with Gasteiger partial charge >= 0.3 is 6.03 Å². The zero-order valence-corrected chi connectivity index (χ0v) is 13.8. The van der Waals surface area contributed by atoms with Crippen LogP contribution in [-0.4, -0.2) is 30.4 Å². The average Bonchev–Trinajstić information content (AvgIpc) is 2.83. The van der Waals surface area contributed by atoms with Gasteiger partial charge in [0.1, 0.15) is 5.75 Å². The van der Waals surface area contributed by atoms with Gasteiger partial charge in [-0.05, 0) is 44.1 Å². The first-order valence-electron chi connectivity index (χ1n) is 8.27. The Balaban J connectivity index is 1.59. The summed E-state index contributed by atoms with van der Waals surface area (Å²) in [6.07, 6.45) is 4.05. The quantitative estimate of drug-likeness (QED) is 0.793. The Hall–Kier alpha value is -1.46. The Morgan fingerprint density at radius 2 is 2.22 bits per heavy atom. The topological polar surface area (TPSA) is 70.6 Å². The summed E-state index contributed by atoms with van der Waals surface area (Å²) in [5, 5.41) is 16.1. The van der Waals surface area contributed by atoms with Gasteiger partial charge in [0.15, 0.2) is 0 Å². The maximum atomic E-state index is 12.2. The third-order valence-corrected chi connectivity index (χ3v) is 4.92. The standard InChI is InChI=1S/C17H23ClN2O3/c18-14-4-1-3-13-15(5-2-8-23-16(13)14)20-17(22)19-10-11-6-7-12(21)9-11/h1,3-4,11-12,15,21H,2,5-10H2,(H2,19,20,22). The van der Waals surface area contributed by atoms with E-state index >= 15 is 0 Å². The fourth-order valence-electron chi connectivity index (χ4n) is 3.40. The first-order chi connectivity index (χ1) is 11.1. The molecule has 3 unspecified atom stereocenters. The molecule has 23 heavy (non-hydrogen) atoms. The molecule has 1 aliphatic heterocycles. The molecule has 1 saturated carbocycles. The summed E-state index contributed by atoms with van der Waals surface area (Å²) in [6.45, 7) is 1.21. The Bertz CT molecular complexity index is 567. The molecule has 5 nitrogen and oxygen atoms in total. The van der Waals surface area contributed by atoms with Gasteiger partial charge in [-0.15, -0.1) is 0 Å². The fourth-order valence-corrected chi connectivity index (χ4v) is 3.64. The Kier molecular flexibility index (Phi) is 5.28. The lowest BCUT2D eigenvalue weighted by molar-refractivity contribution is 0.177. The number of ether oxygens (including phenoxy) is 1. The normalized spacial score (nSPS) is 26.8. The van der Waals surface area contributed by atoms with Crippen LogP contribution in [0.1, 0.15) is 43.7 Å². The molecule has 1 aliphatic carbocycles. The summed E-state index contributed by atoms with van der Waals surface area (Å²) in [7, 11) is 0. The van der Waals surface area contributed by atoms with Gasteiger partial charge in [0.05, 0.1) is 23.8 Å². The highest BCUT2D eigenvalue weighted by Crippen LogP contribution is 2.36. The summed E-state index contributed by atoms with van der Waals surface area (Å²) in [4.78, 5) is 12.2. The highest BCUT2D eigenvalue weighted by atomic mass is 35.5. The molecule has 2 amide bonds. The Morgan fingerprint density at radius 1 is 1.35 bits per heavy atom. The van der Waals surface area contributed by atoms with Crippen molar-refractivity contribution in [3.05, 3.63) is 28.8 Å². The number of nitrogens with one attached hydrogen (secondary N) is 2. The summed E-state index contributed by atoms with van der Waals surface area (Å²) in [6, 6.07) is 5.35. The second-order valence-corrected chi connectivity index (χ2v) is 6.80. The van der Waals surface area contributed by atoms with Crippen LogP contribution >= 0.6 is 11.6 Å². The second-order valence-electron chi connectivity index (χ2n) is 6.39. The second kappa shape index (κ2) is 7.41. The van der Waals surface area contributed by atoms with Crippen molar-refractivity contribution in [1.29, 1.82) is 0 Å². The van der Waals surface area contributed by atoms with Crippen LogP contribution in [0.15, 0.2) is 18.2 Å². The zero-order valence-electron chi connectivity index (χ0n) is 13.1. The summed E-state index contributed by atoms with van der Waals surface area (Å²) < 4.78 is 5.71. The first-order valence-corrected chi connectivity index (χ1v) is 8.65. The maximum absolute atomic E-state index is 12.2. The number of aliphatic hydroxyl groups excluding tert-OH is 1. The minimum Gasteiger partial charge on any atom is -0.492 e. The average molecular weight is 339 g/mol. The number of fused-ring (bicyclic) bond motifs is 1. The molecule has 3 atom stereocenters. The SMILES string of the molecule is O=C(NCC1CCC(O)C1)NC1CCCOc2c(Cl)cccc21. The van der Waals surface area contributed by atoms with Crippen LogP contribution in [0.3, 0.4) is 0 Å². The van der Waals surface area contributed by atoms with Crippen molar-refractivity contribution >= 4 is 17.6 Å². The van der Waals surface area contributed by atoms with Crippen molar-refractivity contribution < 1.29 is 14.6 Å². The molecule has 3 N–H and O–H groups in total. The fraction of sp³-hybridized carbons (Fsp3) is 0.588. The van der Waals surface area contributed by atoms with E-state index in [9.17, 15) is 9.90 Å². The van der Waals surface area contributed by atoms with Crippen molar-refractivity contribution in [3.63, 3.8) is 0 Å². The number of carbonyl (C=O) groups is 1. The number of hydrogen-bond acceptors (Lipinski definition) is 3. The van der Waals surface area contributed by atoms with Crippen molar-refractivity contribution in [3.8, 4) is 5.75 Å². The molecule has 2 aliphatic rings. The summed E-state index contributed by atoms with van der Waals surface area (Å²) >= 11 is 6.20. The molecule has 0 aromatic heterocycles. The molecule has 6 heteroatoms. The molecule has 0 saturated heterocycles. The highest BCUT2D eigenvalue weighted by Gasteiger charge is 2.25. The summed E-state index contributed by atoms with van der Waals surface area (Å²) in [5.41, 5.74) is 0.932. The first kappa shape index (κ1) is 16.4. The lowest BCUT2D eigenvalue weighted by atomic mass is 10.0. The number of carbonyl (C=O) groups excluding carboxylic acids is 1. The number of urea groups is 1. The third kappa shape index (κ3) is 4.09. The smallest absolute Gasteiger partial charge is 0.315 e. The van der Waals surface area contributed by atoms with E-state index in [1.807, 2.05) is 12.1 Å². The number of aliphatic hydroxyl groups is 1.